The van der Waals surface area contributed by atoms with Gasteiger partial charge in [0, 0.05) is 43.8 Å². The van der Waals surface area contributed by atoms with Crippen molar-refractivity contribution in [2.75, 3.05) is 45.6 Å². The second-order valence-electron chi connectivity index (χ2n) is 8.75. The summed E-state index contributed by atoms with van der Waals surface area (Å²) in [5, 5.41) is 3.18. The number of carbonyl (C=O) groups is 1. The zero-order valence-electron chi connectivity index (χ0n) is 19.3. The van der Waals surface area contributed by atoms with Crippen molar-refractivity contribution in [3.63, 3.8) is 0 Å². The number of nitrogens with one attached hydrogen (secondary N) is 1. The molecular formula is C23H38ClN3O4S. The van der Waals surface area contributed by atoms with Gasteiger partial charge in [-0.3, -0.25) is 9.69 Å². The van der Waals surface area contributed by atoms with Crippen molar-refractivity contribution in [2.24, 2.45) is 0 Å². The summed E-state index contributed by atoms with van der Waals surface area (Å²) < 4.78 is 31.7. The summed E-state index contributed by atoms with van der Waals surface area (Å²) in [5.74, 6) is 0.874. The summed E-state index contributed by atoms with van der Waals surface area (Å²) in [6, 6.07) is 7.16. The van der Waals surface area contributed by atoms with E-state index in [1.165, 1.54) is 12.8 Å². The first-order valence-corrected chi connectivity index (χ1v) is 13.2. The molecule has 1 aliphatic heterocycles. The lowest BCUT2D eigenvalue weighted by Gasteiger charge is -2.47. The molecule has 9 heteroatoms. The normalized spacial score (nSPS) is 20.1. The van der Waals surface area contributed by atoms with Gasteiger partial charge in [0.05, 0.1) is 12.9 Å². The highest BCUT2D eigenvalue weighted by atomic mass is 35.5. The Labute approximate surface area is 199 Å². The summed E-state index contributed by atoms with van der Waals surface area (Å²) in [4.78, 5) is 15.2. The van der Waals surface area contributed by atoms with Crippen LogP contribution in [0.1, 0.15) is 62.2 Å². The van der Waals surface area contributed by atoms with Crippen LogP contribution in [-0.2, 0) is 10.0 Å². The van der Waals surface area contributed by atoms with Gasteiger partial charge in [-0.15, -0.1) is 12.4 Å². The molecule has 0 aromatic heterocycles. The van der Waals surface area contributed by atoms with Crippen molar-refractivity contribution in [2.45, 2.75) is 57.4 Å². The predicted octanol–water partition coefficient (Wildman–Crippen LogP) is 3.30. The van der Waals surface area contributed by atoms with Gasteiger partial charge in [0.2, 0.25) is 10.0 Å². The minimum atomic E-state index is -3.16. The van der Waals surface area contributed by atoms with Gasteiger partial charge in [0.25, 0.3) is 5.91 Å². The second-order valence-corrected chi connectivity index (χ2v) is 10.8. The lowest BCUT2D eigenvalue weighted by atomic mass is 9.87. The van der Waals surface area contributed by atoms with Crippen molar-refractivity contribution in [1.29, 1.82) is 0 Å². The molecule has 0 bridgehead atoms. The molecular weight excluding hydrogens is 450 g/mol. The number of hydrogen-bond acceptors (Lipinski definition) is 5. The molecule has 3 rings (SSSR count). The van der Waals surface area contributed by atoms with Gasteiger partial charge < -0.3 is 10.1 Å². The number of nitrogens with zero attached hydrogens (tertiary/aromatic N) is 2. The SMILES string of the molecule is CCCS(=O)(=O)N1CCN(C2(CNC(=O)c3ccc(OC)cc3)CCCCCC2)CC1.Cl. The highest BCUT2D eigenvalue weighted by Gasteiger charge is 2.40. The number of hydrogen-bond donors (Lipinski definition) is 1. The van der Waals surface area contributed by atoms with E-state index in [-0.39, 0.29) is 29.6 Å². The number of sulfonamides is 1. The number of amides is 1. The summed E-state index contributed by atoms with van der Waals surface area (Å²) >= 11 is 0. The van der Waals surface area contributed by atoms with Crippen molar-refractivity contribution in [3.8, 4) is 5.75 Å². The lowest BCUT2D eigenvalue weighted by molar-refractivity contribution is 0.0391. The monoisotopic (exact) mass is 487 g/mol. The third-order valence-electron chi connectivity index (χ3n) is 6.73. The summed E-state index contributed by atoms with van der Waals surface area (Å²) in [7, 11) is -1.55. The third kappa shape index (κ3) is 6.59. The lowest BCUT2D eigenvalue weighted by Crippen LogP contribution is -2.61. The van der Waals surface area contributed by atoms with E-state index in [4.69, 9.17) is 4.74 Å². The molecule has 1 saturated carbocycles. The van der Waals surface area contributed by atoms with Crippen LogP contribution in [0.5, 0.6) is 5.75 Å². The number of methoxy groups -OCH3 is 1. The highest BCUT2D eigenvalue weighted by molar-refractivity contribution is 7.89. The van der Waals surface area contributed by atoms with E-state index in [0.717, 1.165) is 44.5 Å². The first kappa shape index (κ1) is 26.9. The maximum Gasteiger partial charge on any atom is 0.251 e. The van der Waals surface area contributed by atoms with Gasteiger partial charge in [0.1, 0.15) is 5.75 Å². The van der Waals surface area contributed by atoms with Crippen LogP contribution in [0, 0.1) is 0 Å². The van der Waals surface area contributed by atoms with E-state index in [0.29, 0.717) is 31.6 Å². The molecule has 1 heterocycles. The Morgan fingerprint density at radius 1 is 1.03 bits per heavy atom. The maximum atomic E-state index is 12.8. The number of carbonyl (C=O) groups excluding carboxylic acids is 1. The van der Waals surface area contributed by atoms with Crippen molar-refractivity contribution in [3.05, 3.63) is 29.8 Å². The van der Waals surface area contributed by atoms with Crippen LogP contribution < -0.4 is 10.1 Å². The Bertz CT molecular complexity index is 816. The topological polar surface area (TPSA) is 79.0 Å². The molecule has 32 heavy (non-hydrogen) atoms. The zero-order valence-corrected chi connectivity index (χ0v) is 21.0. The van der Waals surface area contributed by atoms with Crippen LogP contribution in [0.25, 0.3) is 0 Å². The maximum absolute atomic E-state index is 12.8. The molecule has 1 amide bonds. The molecule has 2 aliphatic rings. The van der Waals surface area contributed by atoms with Crippen LogP contribution in [0.3, 0.4) is 0 Å². The Hall–Kier alpha value is -1.35. The van der Waals surface area contributed by atoms with Gasteiger partial charge in [-0.05, 0) is 43.5 Å². The average molecular weight is 488 g/mol. The van der Waals surface area contributed by atoms with Crippen LogP contribution in [0.4, 0.5) is 0 Å². The minimum Gasteiger partial charge on any atom is -0.497 e. The molecule has 0 unspecified atom stereocenters. The largest absolute Gasteiger partial charge is 0.497 e. The molecule has 0 spiro atoms. The van der Waals surface area contributed by atoms with Crippen LogP contribution >= 0.6 is 12.4 Å². The summed E-state index contributed by atoms with van der Waals surface area (Å²) in [5.41, 5.74) is 0.527. The van der Waals surface area contributed by atoms with E-state index in [1.807, 2.05) is 6.92 Å². The molecule has 1 aromatic carbocycles. The Morgan fingerprint density at radius 2 is 1.62 bits per heavy atom. The number of rotatable bonds is 8. The van der Waals surface area contributed by atoms with E-state index in [1.54, 1.807) is 35.7 Å². The Balaban J connectivity index is 0.00000363. The number of piperazine rings is 1. The van der Waals surface area contributed by atoms with E-state index >= 15 is 0 Å². The van der Waals surface area contributed by atoms with E-state index in [9.17, 15) is 13.2 Å². The average Bonchev–Trinajstić information content (AvgIpc) is 3.04. The summed E-state index contributed by atoms with van der Waals surface area (Å²) in [6.45, 7) is 5.02. The number of benzene rings is 1. The second kappa shape index (κ2) is 12.2. The van der Waals surface area contributed by atoms with Crippen molar-refractivity contribution in [1.82, 2.24) is 14.5 Å². The van der Waals surface area contributed by atoms with Gasteiger partial charge in [0.15, 0.2) is 0 Å². The molecule has 0 atom stereocenters. The first-order valence-electron chi connectivity index (χ1n) is 11.6. The minimum absolute atomic E-state index is 0. The third-order valence-corrected chi connectivity index (χ3v) is 8.81. The van der Waals surface area contributed by atoms with Gasteiger partial charge in [-0.2, -0.15) is 4.31 Å². The van der Waals surface area contributed by atoms with E-state index < -0.39 is 10.0 Å². The quantitative estimate of drug-likeness (QED) is 0.569. The van der Waals surface area contributed by atoms with Gasteiger partial charge in [-0.1, -0.05) is 32.6 Å². The van der Waals surface area contributed by atoms with Crippen molar-refractivity contribution >= 4 is 28.3 Å². The smallest absolute Gasteiger partial charge is 0.251 e. The zero-order chi connectivity index (χ0) is 22.3. The molecule has 2 fully saturated rings. The molecule has 7 nitrogen and oxygen atoms in total. The first-order chi connectivity index (χ1) is 14.9. The van der Waals surface area contributed by atoms with Gasteiger partial charge in [-0.25, -0.2) is 8.42 Å². The van der Waals surface area contributed by atoms with E-state index in [2.05, 4.69) is 10.2 Å². The molecule has 1 aromatic rings. The number of ether oxygens (including phenoxy) is 1. The Morgan fingerprint density at radius 3 is 2.16 bits per heavy atom. The molecule has 1 aliphatic carbocycles. The molecule has 0 radical (unpaired) electrons. The summed E-state index contributed by atoms with van der Waals surface area (Å²) in [6.07, 6.45) is 7.45. The molecule has 1 N–H and O–H groups in total. The van der Waals surface area contributed by atoms with Crippen LogP contribution in [0.2, 0.25) is 0 Å². The predicted molar refractivity (Wildman–Crippen MR) is 130 cm³/mol. The number of halogens is 1. The fraction of sp³-hybridized carbons (Fsp3) is 0.696. The van der Waals surface area contributed by atoms with Crippen molar-refractivity contribution < 1.29 is 17.9 Å². The van der Waals surface area contributed by atoms with Gasteiger partial charge >= 0.3 is 0 Å². The Kier molecular flexibility index (Phi) is 10.3. The fourth-order valence-corrected chi connectivity index (χ4v) is 6.40. The standard InChI is InChI=1S/C23H37N3O4S.ClH/c1-3-18-31(28,29)26-16-14-25(15-17-26)23(12-6-4-5-7-13-23)19-24-22(27)20-8-10-21(30-2)11-9-20;/h8-11H,3-7,12-19H2,1-2H3,(H,24,27);1H. The van der Waals surface area contributed by atoms with Crippen LogP contribution in [0.15, 0.2) is 24.3 Å². The highest BCUT2D eigenvalue weighted by Crippen LogP contribution is 2.33. The molecule has 182 valence electrons. The molecule has 1 saturated heterocycles. The van der Waals surface area contributed by atoms with Crippen LogP contribution in [-0.4, -0.2) is 74.7 Å². The fourth-order valence-electron chi connectivity index (χ4n) is 4.91.